The van der Waals surface area contributed by atoms with Gasteiger partial charge in [0.25, 0.3) is 5.56 Å². The van der Waals surface area contributed by atoms with Gasteiger partial charge in [-0.2, -0.15) is 5.10 Å². The molecule has 26 heavy (non-hydrogen) atoms. The van der Waals surface area contributed by atoms with Crippen LogP contribution in [0.3, 0.4) is 0 Å². The molecule has 3 fully saturated rings. The van der Waals surface area contributed by atoms with Crippen molar-refractivity contribution in [2.75, 3.05) is 5.32 Å². The number of pyridine rings is 2. The van der Waals surface area contributed by atoms with Gasteiger partial charge < -0.3 is 5.32 Å². The predicted octanol–water partition coefficient (Wildman–Crippen LogP) is 2.71. The molecule has 0 atom stereocenters. The molecule has 0 radical (unpaired) electrons. The summed E-state index contributed by atoms with van der Waals surface area (Å²) in [6.45, 7) is 0.400. The summed E-state index contributed by atoms with van der Waals surface area (Å²) in [5.74, 6) is 1.85. The molecule has 3 heterocycles. The Kier molecular flexibility index (Phi) is 3.38. The zero-order chi connectivity index (χ0) is 17.6. The third kappa shape index (κ3) is 2.67. The van der Waals surface area contributed by atoms with E-state index >= 15 is 0 Å². The van der Waals surface area contributed by atoms with Crippen LogP contribution in [0.4, 0.5) is 5.82 Å². The maximum Gasteiger partial charge on any atom is 0.267 e. The Balaban J connectivity index is 1.37. The van der Waals surface area contributed by atoms with E-state index in [4.69, 9.17) is 0 Å². The topological polar surface area (TPSA) is 72.7 Å². The average molecular weight is 345 g/mol. The molecule has 0 unspecified atom stereocenters. The summed E-state index contributed by atoms with van der Waals surface area (Å²) in [6, 6.07) is 11.1. The van der Waals surface area contributed by atoms with Crippen LogP contribution in [-0.4, -0.2) is 25.3 Å². The number of nitrogens with one attached hydrogen (secondary N) is 1. The zero-order valence-corrected chi connectivity index (χ0v) is 14.3. The minimum Gasteiger partial charge on any atom is -0.365 e. The molecule has 0 saturated heterocycles. The Hall–Kier alpha value is -3.02. The highest BCUT2D eigenvalue weighted by Crippen LogP contribution is 2.58. The summed E-state index contributed by atoms with van der Waals surface area (Å²) < 4.78 is 1.46. The predicted molar refractivity (Wildman–Crippen MR) is 98.8 cm³/mol. The van der Waals surface area contributed by atoms with Gasteiger partial charge in [0.15, 0.2) is 0 Å². The average Bonchev–Trinajstić information content (AvgIpc) is 2.61. The zero-order valence-electron chi connectivity index (χ0n) is 14.3. The Morgan fingerprint density at radius 2 is 2.00 bits per heavy atom. The standard InChI is InChI=1S/C20H19N5O/c26-19-6-4-17(24-25(19)13-14-2-1-7-21-11-14)16-3-5-18(22-12-16)23-20-8-15(9-20)10-20/h1-7,11-12,15H,8-10,13H2,(H,22,23). The van der Waals surface area contributed by atoms with Crippen molar-refractivity contribution in [1.82, 2.24) is 19.7 Å². The smallest absolute Gasteiger partial charge is 0.267 e. The molecule has 2 bridgehead atoms. The molecule has 3 aromatic heterocycles. The fraction of sp³-hybridized carbons (Fsp3) is 0.300. The highest BCUT2D eigenvalue weighted by Gasteiger charge is 2.56. The van der Waals surface area contributed by atoms with Gasteiger partial charge in [-0.1, -0.05) is 6.07 Å². The van der Waals surface area contributed by atoms with Crippen molar-refractivity contribution in [2.45, 2.75) is 31.3 Å². The summed E-state index contributed by atoms with van der Waals surface area (Å²) in [5, 5.41) is 8.05. The van der Waals surface area contributed by atoms with Crippen LogP contribution in [-0.2, 0) is 6.54 Å². The molecule has 0 amide bonds. The largest absolute Gasteiger partial charge is 0.365 e. The van der Waals surface area contributed by atoms with Gasteiger partial charge in [-0.25, -0.2) is 9.67 Å². The first-order valence-electron chi connectivity index (χ1n) is 8.91. The van der Waals surface area contributed by atoms with Crippen LogP contribution in [0.5, 0.6) is 0 Å². The number of hydrogen-bond donors (Lipinski definition) is 1. The van der Waals surface area contributed by atoms with Gasteiger partial charge in [0.05, 0.1) is 12.2 Å². The molecule has 0 spiro atoms. The minimum atomic E-state index is -0.132. The summed E-state index contributed by atoms with van der Waals surface area (Å²) in [5.41, 5.74) is 2.75. The van der Waals surface area contributed by atoms with E-state index in [1.165, 1.54) is 23.9 Å². The van der Waals surface area contributed by atoms with Gasteiger partial charge in [-0.15, -0.1) is 0 Å². The van der Waals surface area contributed by atoms with Crippen molar-refractivity contribution in [3.05, 3.63) is 70.9 Å². The molecule has 6 heteroatoms. The van der Waals surface area contributed by atoms with E-state index in [9.17, 15) is 4.79 Å². The molecule has 6 nitrogen and oxygen atoms in total. The fourth-order valence-electron chi connectivity index (χ4n) is 3.90. The quantitative estimate of drug-likeness (QED) is 0.770. The normalized spacial score (nSPS) is 23.0. The molecule has 0 aromatic carbocycles. The van der Waals surface area contributed by atoms with Crippen molar-refractivity contribution in [3.63, 3.8) is 0 Å². The first kappa shape index (κ1) is 15.3. The molecule has 6 rings (SSSR count). The molecule has 130 valence electrons. The van der Waals surface area contributed by atoms with Crippen molar-refractivity contribution < 1.29 is 0 Å². The van der Waals surface area contributed by atoms with Gasteiger partial charge in [0.2, 0.25) is 0 Å². The molecule has 3 aliphatic rings. The number of anilines is 1. The summed E-state index contributed by atoms with van der Waals surface area (Å²) >= 11 is 0. The summed E-state index contributed by atoms with van der Waals surface area (Å²) in [7, 11) is 0. The Morgan fingerprint density at radius 3 is 2.65 bits per heavy atom. The Morgan fingerprint density at radius 1 is 1.12 bits per heavy atom. The van der Waals surface area contributed by atoms with E-state index in [1.807, 2.05) is 30.5 Å². The Bertz CT molecular complexity index is 980. The molecular weight excluding hydrogens is 326 g/mol. The summed E-state index contributed by atoms with van der Waals surface area (Å²) in [6.07, 6.45) is 9.10. The van der Waals surface area contributed by atoms with E-state index in [-0.39, 0.29) is 5.56 Å². The molecule has 3 aliphatic carbocycles. The van der Waals surface area contributed by atoms with E-state index in [0.717, 1.165) is 28.6 Å². The molecule has 0 aliphatic heterocycles. The highest BCUT2D eigenvalue weighted by molar-refractivity contribution is 5.59. The van der Waals surface area contributed by atoms with Crippen LogP contribution in [0.2, 0.25) is 0 Å². The van der Waals surface area contributed by atoms with Crippen LogP contribution in [0.1, 0.15) is 24.8 Å². The Labute approximate surface area is 150 Å². The number of rotatable bonds is 5. The van der Waals surface area contributed by atoms with Gasteiger partial charge in [-0.05, 0) is 55.0 Å². The van der Waals surface area contributed by atoms with E-state index in [2.05, 4.69) is 20.4 Å². The number of hydrogen-bond acceptors (Lipinski definition) is 5. The van der Waals surface area contributed by atoms with Crippen molar-refractivity contribution >= 4 is 5.82 Å². The highest BCUT2D eigenvalue weighted by atomic mass is 16.1. The lowest BCUT2D eigenvalue weighted by molar-refractivity contribution is 0.00181. The van der Waals surface area contributed by atoms with E-state index in [1.54, 1.807) is 24.5 Å². The van der Waals surface area contributed by atoms with Crippen LogP contribution in [0, 0.1) is 5.92 Å². The van der Waals surface area contributed by atoms with Gasteiger partial charge in [0.1, 0.15) is 5.82 Å². The van der Waals surface area contributed by atoms with Gasteiger partial charge in [0, 0.05) is 35.8 Å². The maximum atomic E-state index is 12.1. The first-order valence-corrected chi connectivity index (χ1v) is 8.91. The number of nitrogens with zero attached hydrogens (tertiary/aromatic N) is 4. The third-order valence-electron chi connectivity index (χ3n) is 5.41. The fourth-order valence-corrected chi connectivity index (χ4v) is 3.90. The van der Waals surface area contributed by atoms with Crippen LogP contribution in [0.25, 0.3) is 11.3 Å². The van der Waals surface area contributed by atoms with Crippen LogP contribution < -0.4 is 10.9 Å². The lowest BCUT2D eigenvalue weighted by Gasteiger charge is -2.62. The minimum absolute atomic E-state index is 0.132. The van der Waals surface area contributed by atoms with Crippen LogP contribution >= 0.6 is 0 Å². The van der Waals surface area contributed by atoms with E-state index in [0.29, 0.717) is 12.1 Å². The van der Waals surface area contributed by atoms with Crippen molar-refractivity contribution in [3.8, 4) is 11.3 Å². The monoisotopic (exact) mass is 345 g/mol. The second-order valence-corrected chi connectivity index (χ2v) is 7.39. The van der Waals surface area contributed by atoms with Crippen LogP contribution in [0.15, 0.2) is 59.8 Å². The van der Waals surface area contributed by atoms with Gasteiger partial charge >= 0.3 is 0 Å². The summed E-state index contributed by atoms with van der Waals surface area (Å²) in [4.78, 5) is 20.7. The molecule has 3 aromatic rings. The van der Waals surface area contributed by atoms with Crippen molar-refractivity contribution in [1.29, 1.82) is 0 Å². The van der Waals surface area contributed by atoms with Crippen molar-refractivity contribution in [2.24, 2.45) is 5.92 Å². The third-order valence-corrected chi connectivity index (χ3v) is 5.41. The molecule has 3 saturated carbocycles. The van der Waals surface area contributed by atoms with Gasteiger partial charge in [-0.3, -0.25) is 9.78 Å². The molecule has 1 N–H and O–H groups in total. The lowest BCUT2D eigenvalue weighted by Crippen LogP contribution is -2.63. The lowest BCUT2D eigenvalue weighted by atomic mass is 9.50. The number of aromatic nitrogens is 4. The second-order valence-electron chi connectivity index (χ2n) is 7.39. The maximum absolute atomic E-state index is 12.1. The SMILES string of the molecule is O=c1ccc(-c2ccc(NC34CC(C3)C4)nc2)nn1Cc1cccnc1. The molecular formula is C20H19N5O. The second kappa shape index (κ2) is 5.76. The first-order chi connectivity index (χ1) is 12.7. The van der Waals surface area contributed by atoms with E-state index < -0.39 is 0 Å².